The number of hydrogen-bond donors (Lipinski definition) is 1. The van der Waals surface area contributed by atoms with Crippen LogP contribution >= 0.6 is 22.9 Å². The molecule has 40 heavy (non-hydrogen) atoms. The third kappa shape index (κ3) is 6.25. The summed E-state index contributed by atoms with van der Waals surface area (Å²) >= 11 is 7.21. The first-order valence-electron chi connectivity index (χ1n) is 12.3. The molecule has 0 aliphatic carbocycles. The van der Waals surface area contributed by atoms with Crippen molar-refractivity contribution in [3.8, 4) is 5.75 Å². The van der Waals surface area contributed by atoms with Crippen LogP contribution in [0.4, 0.5) is 0 Å². The Bertz CT molecular complexity index is 1780. The van der Waals surface area contributed by atoms with Crippen LogP contribution in [-0.4, -0.2) is 65.2 Å². The van der Waals surface area contributed by atoms with Gasteiger partial charge in [0.1, 0.15) is 12.4 Å². The number of rotatable bonds is 10. The average molecular weight is 624 g/mol. The summed E-state index contributed by atoms with van der Waals surface area (Å²) in [6.07, 6.45) is 0. The highest BCUT2D eigenvalue weighted by molar-refractivity contribution is 7.89. The number of morpholine rings is 1. The van der Waals surface area contributed by atoms with Crippen molar-refractivity contribution in [1.29, 1.82) is 0 Å². The summed E-state index contributed by atoms with van der Waals surface area (Å²) in [6, 6.07) is 17.8. The zero-order chi connectivity index (χ0) is 28.3. The van der Waals surface area contributed by atoms with Crippen molar-refractivity contribution in [1.82, 2.24) is 13.6 Å². The van der Waals surface area contributed by atoms with Gasteiger partial charge >= 0.3 is 4.87 Å². The summed E-state index contributed by atoms with van der Waals surface area (Å²) in [7, 11) is -7.47. The lowest BCUT2D eigenvalue weighted by Crippen LogP contribution is -2.40. The van der Waals surface area contributed by atoms with Crippen molar-refractivity contribution in [2.45, 2.75) is 16.3 Å². The standard InChI is InChI=1S/C26H26ClN3O7S3/c27-23-4-2-1-3-19(23)18-30-24-10-9-22(17-25(24)38-26(30)31)39(32,33)28-11-14-37-20-5-7-21(8-6-20)40(34,35)29-12-15-36-16-13-29/h1-10,17,28H,11-16,18H2. The monoisotopic (exact) mass is 623 g/mol. The number of thiazole rings is 1. The van der Waals surface area contributed by atoms with E-state index in [0.717, 1.165) is 16.9 Å². The molecule has 1 aliphatic rings. The molecule has 0 amide bonds. The molecule has 0 atom stereocenters. The summed E-state index contributed by atoms with van der Waals surface area (Å²) in [4.78, 5) is 12.6. The largest absolute Gasteiger partial charge is 0.492 e. The number of ether oxygens (including phenoxy) is 2. The van der Waals surface area contributed by atoms with Gasteiger partial charge in [-0.25, -0.2) is 21.6 Å². The molecule has 1 saturated heterocycles. The third-order valence-electron chi connectivity index (χ3n) is 6.33. The summed E-state index contributed by atoms with van der Waals surface area (Å²) in [5.74, 6) is 0.408. The highest BCUT2D eigenvalue weighted by atomic mass is 35.5. The molecule has 1 aliphatic heterocycles. The highest BCUT2D eigenvalue weighted by Gasteiger charge is 2.26. The number of benzene rings is 3. The Morgan fingerprint density at radius 1 is 0.950 bits per heavy atom. The van der Waals surface area contributed by atoms with Crippen LogP contribution in [0.15, 0.2) is 81.3 Å². The normalized spacial score (nSPS) is 14.9. The minimum Gasteiger partial charge on any atom is -0.492 e. The van der Waals surface area contributed by atoms with Crippen molar-refractivity contribution < 1.29 is 26.3 Å². The van der Waals surface area contributed by atoms with Crippen molar-refractivity contribution in [3.05, 3.63) is 87.0 Å². The number of nitrogens with zero attached hydrogens (tertiary/aromatic N) is 2. The molecule has 10 nitrogen and oxygen atoms in total. The molecule has 0 unspecified atom stereocenters. The van der Waals surface area contributed by atoms with Gasteiger partial charge in [-0.1, -0.05) is 41.1 Å². The van der Waals surface area contributed by atoms with E-state index in [9.17, 15) is 21.6 Å². The van der Waals surface area contributed by atoms with Gasteiger partial charge in [0, 0.05) is 24.7 Å². The van der Waals surface area contributed by atoms with Gasteiger partial charge in [0.25, 0.3) is 0 Å². The first kappa shape index (κ1) is 28.7. The molecular formula is C26H26ClN3O7S3. The van der Waals surface area contributed by atoms with E-state index in [4.69, 9.17) is 21.1 Å². The first-order valence-corrected chi connectivity index (χ1v) is 16.4. The van der Waals surface area contributed by atoms with Crippen LogP contribution < -0.4 is 14.3 Å². The number of nitrogens with one attached hydrogen (secondary N) is 1. The van der Waals surface area contributed by atoms with Crippen molar-refractivity contribution in [3.63, 3.8) is 0 Å². The van der Waals surface area contributed by atoms with Crippen LogP contribution in [0, 0.1) is 0 Å². The number of aromatic nitrogens is 1. The zero-order valence-electron chi connectivity index (χ0n) is 21.2. The Balaban J connectivity index is 1.19. The second-order valence-electron chi connectivity index (χ2n) is 8.91. The van der Waals surface area contributed by atoms with E-state index in [1.54, 1.807) is 16.7 Å². The smallest absolute Gasteiger partial charge is 0.308 e. The molecule has 0 spiro atoms. The number of hydrogen-bond acceptors (Lipinski definition) is 8. The lowest BCUT2D eigenvalue weighted by molar-refractivity contribution is 0.0730. The predicted octanol–water partition coefficient (Wildman–Crippen LogP) is 3.14. The summed E-state index contributed by atoms with van der Waals surface area (Å²) in [5.41, 5.74) is 1.41. The van der Waals surface area contributed by atoms with E-state index in [-0.39, 0.29) is 34.4 Å². The fraction of sp³-hybridized carbons (Fsp3) is 0.269. The lowest BCUT2D eigenvalue weighted by atomic mass is 10.2. The lowest BCUT2D eigenvalue weighted by Gasteiger charge is -2.26. The molecule has 2 heterocycles. The van der Waals surface area contributed by atoms with Crippen LogP contribution in [-0.2, 0) is 31.3 Å². The predicted molar refractivity (Wildman–Crippen MR) is 153 cm³/mol. The SMILES string of the molecule is O=c1sc2cc(S(=O)(=O)NCCOc3ccc(S(=O)(=O)N4CCOCC4)cc3)ccc2n1Cc1ccccc1Cl. The minimum absolute atomic E-state index is 0.0159. The third-order valence-corrected chi connectivity index (χ3v) is 11.0. The molecule has 212 valence electrons. The minimum atomic E-state index is -3.86. The van der Waals surface area contributed by atoms with Crippen molar-refractivity contribution in [2.75, 3.05) is 39.5 Å². The van der Waals surface area contributed by atoms with E-state index in [0.29, 0.717) is 47.3 Å². The summed E-state index contributed by atoms with van der Waals surface area (Å²) < 4.78 is 68.0. The molecule has 4 aromatic rings. The Morgan fingerprint density at radius 2 is 1.65 bits per heavy atom. The molecule has 1 aromatic heterocycles. The van der Waals surface area contributed by atoms with Crippen LogP contribution in [0.25, 0.3) is 10.2 Å². The second-order valence-corrected chi connectivity index (χ2v) is 14.0. The number of fused-ring (bicyclic) bond motifs is 1. The van der Waals surface area contributed by atoms with Gasteiger partial charge in [-0.05, 0) is 54.1 Å². The van der Waals surface area contributed by atoms with Gasteiger partial charge in [0.2, 0.25) is 20.0 Å². The molecule has 1 fully saturated rings. The second kappa shape index (κ2) is 12.0. The molecule has 0 bridgehead atoms. The van der Waals surface area contributed by atoms with Crippen molar-refractivity contribution in [2.24, 2.45) is 0 Å². The maximum absolute atomic E-state index is 12.9. The van der Waals surface area contributed by atoms with Crippen LogP contribution in [0.2, 0.25) is 5.02 Å². The molecule has 3 aromatic carbocycles. The molecule has 0 saturated carbocycles. The Kier molecular flexibility index (Phi) is 8.61. The van der Waals surface area contributed by atoms with E-state index in [1.807, 2.05) is 18.2 Å². The van der Waals surface area contributed by atoms with E-state index in [2.05, 4.69) is 4.72 Å². The van der Waals surface area contributed by atoms with Gasteiger partial charge in [-0.3, -0.25) is 9.36 Å². The van der Waals surface area contributed by atoms with Crippen LogP contribution in [0.3, 0.4) is 0 Å². The fourth-order valence-corrected chi connectivity index (χ4v) is 7.88. The Morgan fingerprint density at radius 3 is 2.38 bits per heavy atom. The molecule has 14 heteroatoms. The van der Waals surface area contributed by atoms with Gasteiger partial charge in [0.15, 0.2) is 0 Å². The maximum Gasteiger partial charge on any atom is 0.308 e. The quantitative estimate of drug-likeness (QED) is 0.269. The van der Waals surface area contributed by atoms with E-state index >= 15 is 0 Å². The molecule has 1 N–H and O–H groups in total. The van der Waals surface area contributed by atoms with E-state index < -0.39 is 20.0 Å². The van der Waals surface area contributed by atoms with Gasteiger partial charge < -0.3 is 9.47 Å². The summed E-state index contributed by atoms with van der Waals surface area (Å²) in [5, 5.41) is 0.549. The Hall–Kier alpha value is -2.78. The molecular weight excluding hydrogens is 598 g/mol. The Labute approximate surface area is 240 Å². The van der Waals surface area contributed by atoms with E-state index in [1.165, 1.54) is 40.7 Å². The van der Waals surface area contributed by atoms with Gasteiger partial charge in [0.05, 0.1) is 39.8 Å². The highest BCUT2D eigenvalue weighted by Crippen LogP contribution is 2.24. The number of sulfonamides is 2. The zero-order valence-corrected chi connectivity index (χ0v) is 24.4. The fourth-order valence-electron chi connectivity index (χ4n) is 4.23. The van der Waals surface area contributed by atoms with Gasteiger partial charge in [-0.2, -0.15) is 4.31 Å². The van der Waals surface area contributed by atoms with Gasteiger partial charge in [-0.15, -0.1) is 0 Å². The van der Waals surface area contributed by atoms with Crippen LogP contribution in [0.5, 0.6) is 5.75 Å². The van der Waals surface area contributed by atoms with Crippen LogP contribution in [0.1, 0.15) is 5.56 Å². The maximum atomic E-state index is 12.9. The molecule has 0 radical (unpaired) electrons. The topological polar surface area (TPSA) is 124 Å². The first-order chi connectivity index (χ1) is 19.1. The number of halogens is 1. The summed E-state index contributed by atoms with van der Waals surface area (Å²) in [6.45, 7) is 1.62. The molecule has 5 rings (SSSR count). The average Bonchev–Trinajstić information content (AvgIpc) is 3.27. The van der Waals surface area contributed by atoms with Crippen molar-refractivity contribution >= 4 is 53.2 Å².